The summed E-state index contributed by atoms with van der Waals surface area (Å²) in [5, 5.41) is 13.8. The van der Waals surface area contributed by atoms with Gasteiger partial charge in [0.1, 0.15) is 6.07 Å². The highest BCUT2D eigenvalue weighted by molar-refractivity contribution is 5.93. The van der Waals surface area contributed by atoms with Crippen LogP contribution in [0.15, 0.2) is 60.8 Å². The van der Waals surface area contributed by atoms with Gasteiger partial charge in [-0.2, -0.15) is 5.26 Å². The second-order valence-corrected chi connectivity index (χ2v) is 5.85. The molecule has 0 aliphatic heterocycles. The van der Waals surface area contributed by atoms with E-state index in [0.29, 0.717) is 5.56 Å². The lowest BCUT2D eigenvalue weighted by Crippen LogP contribution is -2.34. The van der Waals surface area contributed by atoms with Crippen LogP contribution in [0.5, 0.6) is 0 Å². The van der Waals surface area contributed by atoms with Gasteiger partial charge in [0.05, 0.1) is 16.8 Å². The molecule has 0 saturated heterocycles. The molecule has 1 atom stereocenters. The van der Waals surface area contributed by atoms with E-state index in [1.807, 2.05) is 42.5 Å². The van der Waals surface area contributed by atoms with E-state index in [1.165, 1.54) is 5.69 Å². The van der Waals surface area contributed by atoms with Crippen molar-refractivity contribution in [2.75, 3.05) is 23.8 Å². The van der Waals surface area contributed by atoms with Gasteiger partial charge in [-0.05, 0) is 25.1 Å². The molecule has 24 heavy (non-hydrogen) atoms. The van der Waals surface area contributed by atoms with Crippen LogP contribution in [0.1, 0.15) is 12.5 Å². The smallest absolute Gasteiger partial charge is 0.103 e. The third-order valence-corrected chi connectivity index (χ3v) is 4.29. The maximum Gasteiger partial charge on any atom is 0.103 e. The van der Waals surface area contributed by atoms with Gasteiger partial charge in [-0.3, -0.25) is 4.98 Å². The Labute approximate surface area is 142 Å². The Morgan fingerprint density at radius 2 is 1.83 bits per heavy atom. The summed E-state index contributed by atoms with van der Waals surface area (Å²) in [6, 6.07) is 20.7. The molecule has 0 fully saturated rings. The maximum absolute atomic E-state index is 9.39. The lowest BCUT2D eigenvalue weighted by molar-refractivity contribution is 0.716. The average Bonchev–Trinajstić information content (AvgIpc) is 2.65. The molecule has 3 aromatic rings. The Hall–Kier alpha value is -3.06. The third kappa shape index (κ3) is 3.16. The van der Waals surface area contributed by atoms with Crippen molar-refractivity contribution in [3.8, 4) is 6.07 Å². The molecule has 1 aromatic heterocycles. The van der Waals surface area contributed by atoms with Crippen molar-refractivity contribution >= 4 is 22.3 Å². The Morgan fingerprint density at radius 1 is 1.12 bits per heavy atom. The van der Waals surface area contributed by atoms with Crippen LogP contribution in [-0.4, -0.2) is 24.6 Å². The fourth-order valence-corrected chi connectivity index (χ4v) is 2.72. The zero-order chi connectivity index (χ0) is 16.9. The quantitative estimate of drug-likeness (QED) is 0.772. The Kier molecular flexibility index (Phi) is 4.62. The molecular formula is C20H20N4. The molecule has 120 valence electrons. The normalized spacial score (nSPS) is 11.7. The fourth-order valence-electron chi connectivity index (χ4n) is 2.72. The second kappa shape index (κ2) is 7.01. The van der Waals surface area contributed by atoms with Gasteiger partial charge >= 0.3 is 0 Å². The largest absolute Gasteiger partial charge is 0.381 e. The number of pyridine rings is 1. The zero-order valence-corrected chi connectivity index (χ0v) is 13.9. The molecule has 0 radical (unpaired) electrons. The first-order valence-corrected chi connectivity index (χ1v) is 8.00. The molecule has 4 nitrogen and oxygen atoms in total. The van der Waals surface area contributed by atoms with Crippen LogP contribution in [-0.2, 0) is 0 Å². The topological polar surface area (TPSA) is 52.0 Å². The van der Waals surface area contributed by atoms with Gasteiger partial charge in [0, 0.05) is 36.9 Å². The number of benzene rings is 2. The van der Waals surface area contributed by atoms with E-state index in [0.717, 1.165) is 23.1 Å². The van der Waals surface area contributed by atoms with Crippen LogP contribution in [0.3, 0.4) is 0 Å². The lowest BCUT2D eigenvalue weighted by atomic mass is 10.1. The molecule has 0 aliphatic carbocycles. The van der Waals surface area contributed by atoms with E-state index in [1.54, 1.807) is 6.20 Å². The summed E-state index contributed by atoms with van der Waals surface area (Å²) >= 11 is 0. The summed E-state index contributed by atoms with van der Waals surface area (Å²) in [6.45, 7) is 2.89. The van der Waals surface area contributed by atoms with E-state index in [9.17, 15) is 5.26 Å². The molecule has 1 heterocycles. The van der Waals surface area contributed by atoms with Gasteiger partial charge in [0.2, 0.25) is 0 Å². The highest BCUT2D eigenvalue weighted by Crippen LogP contribution is 2.25. The number of hydrogen-bond acceptors (Lipinski definition) is 4. The highest BCUT2D eigenvalue weighted by Gasteiger charge is 2.13. The van der Waals surface area contributed by atoms with Crippen LogP contribution >= 0.6 is 0 Å². The van der Waals surface area contributed by atoms with Crippen molar-refractivity contribution in [3.05, 3.63) is 66.4 Å². The van der Waals surface area contributed by atoms with E-state index < -0.39 is 0 Å². The standard InChI is InChI=1S/C20H20N4/c1-15(24(2)17-8-4-3-5-9-17)13-23-20-16(12-21)14-22-19-11-7-6-10-18(19)20/h3-11,14-15H,13H2,1-2H3,(H,22,23). The average molecular weight is 316 g/mol. The first kappa shape index (κ1) is 15.8. The zero-order valence-electron chi connectivity index (χ0n) is 13.9. The molecule has 0 saturated carbocycles. The molecule has 2 aromatic carbocycles. The van der Waals surface area contributed by atoms with Gasteiger partial charge < -0.3 is 10.2 Å². The predicted octanol–water partition coefficient (Wildman–Crippen LogP) is 4.04. The predicted molar refractivity (Wildman–Crippen MR) is 99.3 cm³/mol. The number of para-hydroxylation sites is 2. The number of anilines is 2. The minimum atomic E-state index is 0.269. The van der Waals surface area contributed by atoms with Gasteiger partial charge in [-0.25, -0.2) is 0 Å². The van der Waals surface area contributed by atoms with Gasteiger partial charge in [0.25, 0.3) is 0 Å². The van der Waals surface area contributed by atoms with Gasteiger partial charge in [-0.15, -0.1) is 0 Å². The Morgan fingerprint density at radius 3 is 2.58 bits per heavy atom. The number of aromatic nitrogens is 1. The SMILES string of the molecule is CC(CNc1c(C#N)cnc2ccccc12)N(C)c1ccccc1. The molecular weight excluding hydrogens is 296 g/mol. The number of hydrogen-bond donors (Lipinski definition) is 1. The van der Waals surface area contributed by atoms with Crippen molar-refractivity contribution in [1.82, 2.24) is 4.98 Å². The Balaban J connectivity index is 1.82. The number of nitrogens with zero attached hydrogens (tertiary/aromatic N) is 3. The van der Waals surface area contributed by atoms with Crippen LogP contribution in [0.25, 0.3) is 10.9 Å². The Bertz CT molecular complexity index is 868. The summed E-state index contributed by atoms with van der Waals surface area (Å²) in [4.78, 5) is 6.57. The number of nitrogens with one attached hydrogen (secondary N) is 1. The summed E-state index contributed by atoms with van der Waals surface area (Å²) in [6.07, 6.45) is 1.64. The molecule has 0 aliphatic rings. The summed E-state index contributed by atoms with van der Waals surface area (Å²) < 4.78 is 0. The van der Waals surface area contributed by atoms with E-state index in [4.69, 9.17) is 0 Å². The molecule has 0 bridgehead atoms. The van der Waals surface area contributed by atoms with Gasteiger partial charge in [-0.1, -0.05) is 36.4 Å². The van der Waals surface area contributed by atoms with E-state index in [2.05, 4.69) is 47.4 Å². The number of rotatable bonds is 5. The van der Waals surface area contributed by atoms with Crippen molar-refractivity contribution in [3.63, 3.8) is 0 Å². The van der Waals surface area contributed by atoms with Crippen molar-refractivity contribution in [2.24, 2.45) is 0 Å². The van der Waals surface area contributed by atoms with Crippen LogP contribution in [0, 0.1) is 11.3 Å². The first-order valence-electron chi connectivity index (χ1n) is 8.00. The number of fused-ring (bicyclic) bond motifs is 1. The van der Waals surface area contributed by atoms with E-state index >= 15 is 0 Å². The summed E-state index contributed by atoms with van der Waals surface area (Å²) in [7, 11) is 2.08. The molecule has 0 spiro atoms. The molecule has 1 unspecified atom stereocenters. The number of nitriles is 1. The second-order valence-electron chi connectivity index (χ2n) is 5.85. The van der Waals surface area contributed by atoms with Gasteiger partial charge in [0.15, 0.2) is 0 Å². The van der Waals surface area contributed by atoms with E-state index in [-0.39, 0.29) is 6.04 Å². The highest BCUT2D eigenvalue weighted by atomic mass is 15.1. The van der Waals surface area contributed by atoms with Crippen molar-refractivity contribution in [2.45, 2.75) is 13.0 Å². The summed E-state index contributed by atoms with van der Waals surface area (Å²) in [5.74, 6) is 0. The van der Waals surface area contributed by atoms with Crippen molar-refractivity contribution < 1.29 is 0 Å². The third-order valence-electron chi connectivity index (χ3n) is 4.29. The minimum Gasteiger partial charge on any atom is -0.381 e. The molecule has 4 heteroatoms. The maximum atomic E-state index is 9.39. The van der Waals surface area contributed by atoms with Crippen LogP contribution in [0.2, 0.25) is 0 Å². The molecule has 0 amide bonds. The fraction of sp³-hybridized carbons (Fsp3) is 0.200. The van der Waals surface area contributed by atoms with Crippen LogP contribution in [0.4, 0.5) is 11.4 Å². The molecule has 1 N–H and O–H groups in total. The molecule has 3 rings (SSSR count). The van der Waals surface area contributed by atoms with Crippen LogP contribution < -0.4 is 10.2 Å². The number of likely N-dealkylation sites (N-methyl/N-ethyl adjacent to an activating group) is 1. The monoisotopic (exact) mass is 316 g/mol. The lowest BCUT2D eigenvalue weighted by Gasteiger charge is -2.28. The summed E-state index contributed by atoms with van der Waals surface area (Å²) in [5.41, 5.74) is 3.50. The first-order chi connectivity index (χ1) is 11.7. The minimum absolute atomic E-state index is 0.269. The van der Waals surface area contributed by atoms with Crippen molar-refractivity contribution in [1.29, 1.82) is 5.26 Å².